The van der Waals surface area contributed by atoms with Gasteiger partial charge in [-0.05, 0) is 12.5 Å². The summed E-state index contributed by atoms with van der Waals surface area (Å²) >= 11 is 0. The van der Waals surface area contributed by atoms with Gasteiger partial charge >= 0.3 is 13.6 Å². The third kappa shape index (κ3) is 10.3. The molecule has 1 aromatic carbocycles. The number of carbonyl (C=O) groups is 1. The lowest BCUT2D eigenvalue weighted by Crippen LogP contribution is -2.09. The van der Waals surface area contributed by atoms with Gasteiger partial charge in [-0.15, -0.1) is 0 Å². The van der Waals surface area contributed by atoms with Gasteiger partial charge in [0, 0.05) is 5.57 Å². The molecule has 1 aromatic rings. The Morgan fingerprint density at radius 3 is 2.25 bits per heavy atom. The molecule has 0 spiro atoms. The fraction of sp³-hybridized carbons (Fsp3) is 0.214. The zero-order valence-corrected chi connectivity index (χ0v) is 12.3. The number of esters is 1. The molecule has 0 saturated carbocycles. The highest BCUT2D eigenvalue weighted by Gasteiger charge is 2.13. The second-order valence-electron chi connectivity index (χ2n) is 3.92. The van der Waals surface area contributed by atoms with E-state index in [9.17, 15) is 9.36 Å². The molecule has 0 unspecified atom stereocenters. The molecule has 0 aliphatic heterocycles. The van der Waals surface area contributed by atoms with Crippen LogP contribution in [0.15, 0.2) is 49.1 Å². The molecular weight excluding hydrogens is 279 g/mol. The van der Waals surface area contributed by atoms with Crippen LogP contribution in [0.2, 0.25) is 0 Å². The van der Waals surface area contributed by atoms with E-state index in [4.69, 9.17) is 9.79 Å². The molecule has 0 atom stereocenters. The van der Waals surface area contributed by atoms with E-state index < -0.39 is 19.7 Å². The van der Waals surface area contributed by atoms with Crippen LogP contribution in [0.4, 0.5) is 0 Å². The van der Waals surface area contributed by atoms with E-state index in [1.807, 2.05) is 36.4 Å². The van der Waals surface area contributed by atoms with Gasteiger partial charge in [0.15, 0.2) is 0 Å². The Kier molecular flexibility index (Phi) is 8.48. The highest BCUT2D eigenvalue weighted by atomic mass is 31.2. The first-order valence-electron chi connectivity index (χ1n) is 5.81. The minimum Gasteiger partial charge on any atom is -0.462 e. The highest BCUT2D eigenvalue weighted by Crippen LogP contribution is 2.33. The Hall–Kier alpha value is -1.68. The molecule has 5 nitrogen and oxygen atoms in total. The van der Waals surface area contributed by atoms with Gasteiger partial charge in [-0.2, -0.15) is 0 Å². The third-order valence-electron chi connectivity index (χ3n) is 2.00. The van der Waals surface area contributed by atoms with Gasteiger partial charge in [0.25, 0.3) is 0 Å². The third-order valence-corrected chi connectivity index (χ3v) is 2.76. The Balaban J connectivity index is 0.000000388. The number of ether oxygens (including phenoxy) is 1. The highest BCUT2D eigenvalue weighted by molar-refractivity contribution is 7.51. The van der Waals surface area contributed by atoms with E-state index in [1.165, 1.54) is 12.5 Å². The summed E-state index contributed by atoms with van der Waals surface area (Å²) in [4.78, 5) is 27.4. The fourth-order valence-corrected chi connectivity index (χ4v) is 1.30. The van der Waals surface area contributed by atoms with Gasteiger partial charge in [0.05, 0.1) is 6.16 Å². The average Bonchev–Trinajstić information content (AvgIpc) is 2.38. The molecule has 0 saturated heterocycles. The van der Waals surface area contributed by atoms with E-state index in [0.29, 0.717) is 0 Å². The molecule has 2 N–H and O–H groups in total. The predicted octanol–water partition coefficient (Wildman–Crippen LogP) is 2.61. The summed E-state index contributed by atoms with van der Waals surface area (Å²) in [6.07, 6.45) is 1.38. The fourth-order valence-electron chi connectivity index (χ4n) is 0.970. The van der Waals surface area contributed by atoms with Crippen molar-refractivity contribution in [1.29, 1.82) is 0 Å². The van der Waals surface area contributed by atoms with Crippen LogP contribution in [-0.2, 0) is 14.1 Å². The first kappa shape index (κ1) is 18.3. The molecule has 0 aliphatic carbocycles. The normalized spacial score (nSPS) is 9.95. The average molecular weight is 298 g/mol. The van der Waals surface area contributed by atoms with Crippen LogP contribution in [-0.4, -0.2) is 28.5 Å². The van der Waals surface area contributed by atoms with Crippen molar-refractivity contribution in [3.8, 4) is 0 Å². The largest absolute Gasteiger partial charge is 0.462 e. The lowest BCUT2D eigenvalue weighted by Gasteiger charge is -2.04. The summed E-state index contributed by atoms with van der Waals surface area (Å²) in [5.74, 6) is -0.636. The van der Waals surface area contributed by atoms with Gasteiger partial charge in [-0.1, -0.05) is 49.6 Å². The molecule has 0 radical (unpaired) electrons. The Morgan fingerprint density at radius 1 is 1.35 bits per heavy atom. The maximum atomic E-state index is 10.7. The van der Waals surface area contributed by atoms with Crippen molar-refractivity contribution in [3.05, 3.63) is 54.6 Å². The van der Waals surface area contributed by atoms with Crippen molar-refractivity contribution < 1.29 is 23.9 Å². The zero-order valence-electron chi connectivity index (χ0n) is 11.4. The number of hydrogen-bond donors (Lipinski definition) is 2. The molecule has 0 bridgehead atoms. The van der Waals surface area contributed by atoms with Gasteiger partial charge < -0.3 is 14.5 Å². The molecule has 110 valence electrons. The monoisotopic (exact) mass is 298 g/mol. The molecule has 1 rings (SSSR count). The minimum atomic E-state index is -4.06. The summed E-state index contributed by atoms with van der Waals surface area (Å²) in [5, 5.41) is 0. The standard InChI is InChI=1S/C8H8.C6H11O5P/c1-2-8-6-4-3-5-7-8;1-5(2)6(7)11-3-4-12(8,9)10/h2-7H,1H2;1,3-4H2,2H3,(H2,8,9,10). The summed E-state index contributed by atoms with van der Waals surface area (Å²) in [6, 6.07) is 10.0. The van der Waals surface area contributed by atoms with Crippen molar-refractivity contribution in [1.82, 2.24) is 0 Å². The summed E-state index contributed by atoms with van der Waals surface area (Å²) < 4.78 is 14.7. The number of benzene rings is 1. The van der Waals surface area contributed by atoms with E-state index >= 15 is 0 Å². The number of carbonyl (C=O) groups excluding carboxylic acids is 1. The minimum absolute atomic E-state index is 0.209. The molecule has 0 aromatic heterocycles. The maximum absolute atomic E-state index is 10.7. The van der Waals surface area contributed by atoms with Crippen LogP contribution in [0.5, 0.6) is 0 Å². The van der Waals surface area contributed by atoms with Crippen LogP contribution in [0.25, 0.3) is 6.08 Å². The van der Waals surface area contributed by atoms with Crippen molar-refractivity contribution in [2.45, 2.75) is 6.92 Å². The second-order valence-corrected chi connectivity index (χ2v) is 5.70. The molecular formula is C14H19O5P. The quantitative estimate of drug-likeness (QED) is 0.496. The molecule has 0 aliphatic rings. The van der Waals surface area contributed by atoms with E-state index in [1.54, 1.807) is 0 Å². The molecule has 20 heavy (non-hydrogen) atoms. The zero-order chi connectivity index (χ0) is 15.6. The van der Waals surface area contributed by atoms with Crippen molar-refractivity contribution in [2.75, 3.05) is 12.8 Å². The molecule has 0 fully saturated rings. The Morgan fingerprint density at radius 2 is 1.90 bits per heavy atom. The molecule has 6 heteroatoms. The summed E-state index contributed by atoms with van der Waals surface area (Å²) in [7, 11) is -4.06. The molecule has 0 amide bonds. The SMILES string of the molecule is C=C(C)C(=O)OCCP(=O)(O)O.C=Cc1ccccc1. The first-order chi connectivity index (χ1) is 9.26. The lowest BCUT2D eigenvalue weighted by atomic mass is 10.2. The van der Waals surface area contributed by atoms with Gasteiger partial charge in [-0.25, -0.2) is 4.79 Å². The van der Waals surface area contributed by atoms with Crippen molar-refractivity contribution >= 4 is 19.6 Å². The summed E-state index contributed by atoms with van der Waals surface area (Å²) in [5.41, 5.74) is 1.38. The summed E-state index contributed by atoms with van der Waals surface area (Å²) in [6.45, 7) is 8.11. The van der Waals surface area contributed by atoms with E-state index in [0.717, 1.165) is 0 Å². The predicted molar refractivity (Wildman–Crippen MR) is 79.2 cm³/mol. The van der Waals surface area contributed by atoms with Crippen LogP contribution >= 0.6 is 7.60 Å². The van der Waals surface area contributed by atoms with E-state index in [-0.39, 0.29) is 12.2 Å². The van der Waals surface area contributed by atoms with E-state index in [2.05, 4.69) is 17.9 Å². The second kappa shape index (κ2) is 9.26. The molecule has 0 heterocycles. The van der Waals surface area contributed by atoms with Gasteiger partial charge in [-0.3, -0.25) is 4.57 Å². The van der Waals surface area contributed by atoms with Crippen LogP contribution in [0.3, 0.4) is 0 Å². The Bertz CT molecular complexity index is 490. The van der Waals surface area contributed by atoms with Gasteiger partial charge in [0.1, 0.15) is 6.61 Å². The maximum Gasteiger partial charge on any atom is 0.333 e. The van der Waals surface area contributed by atoms with Crippen LogP contribution < -0.4 is 0 Å². The lowest BCUT2D eigenvalue weighted by molar-refractivity contribution is -0.138. The number of rotatable bonds is 5. The number of hydrogen-bond acceptors (Lipinski definition) is 3. The van der Waals surface area contributed by atoms with Gasteiger partial charge in [0.2, 0.25) is 0 Å². The Labute approximate surface area is 118 Å². The van der Waals surface area contributed by atoms with Crippen LogP contribution in [0, 0.1) is 0 Å². The van der Waals surface area contributed by atoms with Crippen LogP contribution in [0.1, 0.15) is 12.5 Å². The van der Waals surface area contributed by atoms with Crippen molar-refractivity contribution in [2.24, 2.45) is 0 Å². The first-order valence-corrected chi connectivity index (χ1v) is 7.60. The topological polar surface area (TPSA) is 83.8 Å². The van der Waals surface area contributed by atoms with Crippen molar-refractivity contribution in [3.63, 3.8) is 0 Å². The smallest absolute Gasteiger partial charge is 0.333 e.